The van der Waals surface area contributed by atoms with Crippen LogP contribution in [0.25, 0.3) is 0 Å². The first-order valence-corrected chi connectivity index (χ1v) is 9.04. The number of benzene rings is 1. The molecular weight excluding hydrogens is 393 g/mol. The van der Waals surface area contributed by atoms with E-state index >= 15 is 0 Å². The number of hydrogen-bond donors (Lipinski definition) is 2. The molecule has 0 saturated carbocycles. The molecule has 6 nitrogen and oxygen atoms in total. The van der Waals surface area contributed by atoms with Crippen LogP contribution in [-0.2, 0) is 17.5 Å². The minimum absolute atomic E-state index is 0.210. The zero-order valence-electron chi connectivity index (χ0n) is 13.7. The quantitative estimate of drug-likeness (QED) is 0.683. The van der Waals surface area contributed by atoms with Gasteiger partial charge in [-0.2, -0.15) is 13.2 Å². The maximum atomic E-state index is 13.0. The molecule has 0 saturated heterocycles. The second-order valence-corrected chi connectivity index (χ2v) is 6.66. The number of rotatable bonds is 7. The minimum atomic E-state index is -4.65. The standard InChI is InChI=1S/C15H16ClF3N4O2S/c1-2-3-7-23-13(25)21-22-14(23)26-8-11(24)20-12-9(15(17,18)19)5-4-6-10(12)16/h4-6H,2-3,7-8H2,1H3,(H,20,24)(H,21,25). The highest BCUT2D eigenvalue weighted by Gasteiger charge is 2.34. The number of para-hydroxylation sites is 1. The number of nitrogens with one attached hydrogen (secondary N) is 2. The number of amides is 1. The van der Waals surface area contributed by atoms with Crippen molar-refractivity contribution in [2.45, 2.75) is 37.6 Å². The molecule has 0 radical (unpaired) electrons. The summed E-state index contributed by atoms with van der Waals surface area (Å²) < 4.78 is 40.5. The number of aromatic amines is 1. The van der Waals surface area contributed by atoms with Gasteiger partial charge >= 0.3 is 11.9 Å². The van der Waals surface area contributed by atoms with Crippen LogP contribution in [0.4, 0.5) is 18.9 Å². The first kappa shape index (κ1) is 20.4. The number of carbonyl (C=O) groups is 1. The average Bonchev–Trinajstić information content (AvgIpc) is 2.92. The Balaban J connectivity index is 2.08. The molecule has 1 heterocycles. The molecule has 11 heteroatoms. The van der Waals surface area contributed by atoms with E-state index in [1.165, 1.54) is 10.6 Å². The Bertz CT molecular complexity index is 835. The highest BCUT2D eigenvalue weighted by Crippen LogP contribution is 2.38. The molecule has 0 aliphatic rings. The molecular formula is C15H16ClF3N4O2S. The minimum Gasteiger partial charge on any atom is -0.324 e. The van der Waals surface area contributed by atoms with Crippen molar-refractivity contribution < 1.29 is 18.0 Å². The van der Waals surface area contributed by atoms with Crippen LogP contribution in [0.1, 0.15) is 25.3 Å². The second-order valence-electron chi connectivity index (χ2n) is 5.31. The van der Waals surface area contributed by atoms with Gasteiger partial charge in [-0.05, 0) is 18.6 Å². The fraction of sp³-hybridized carbons (Fsp3) is 0.400. The summed E-state index contributed by atoms with van der Waals surface area (Å²) in [5.74, 6) is -0.912. The number of alkyl halides is 3. The molecule has 2 N–H and O–H groups in total. The maximum Gasteiger partial charge on any atom is 0.418 e. The van der Waals surface area contributed by atoms with Crippen molar-refractivity contribution in [2.75, 3.05) is 11.1 Å². The summed E-state index contributed by atoms with van der Waals surface area (Å²) in [6, 6.07) is 3.26. The monoisotopic (exact) mass is 408 g/mol. The van der Waals surface area contributed by atoms with Gasteiger partial charge in [-0.15, -0.1) is 5.10 Å². The van der Waals surface area contributed by atoms with E-state index < -0.39 is 29.0 Å². The number of nitrogens with zero attached hydrogens (tertiary/aromatic N) is 2. The van der Waals surface area contributed by atoms with E-state index in [-0.39, 0.29) is 10.8 Å². The molecule has 0 spiro atoms. The summed E-state index contributed by atoms with van der Waals surface area (Å²) in [6.45, 7) is 2.41. The van der Waals surface area contributed by atoms with E-state index in [0.717, 1.165) is 36.7 Å². The van der Waals surface area contributed by atoms with Gasteiger partial charge in [0.25, 0.3) is 0 Å². The molecule has 0 aliphatic heterocycles. The zero-order valence-corrected chi connectivity index (χ0v) is 15.3. The van der Waals surface area contributed by atoms with E-state index in [9.17, 15) is 22.8 Å². The van der Waals surface area contributed by atoms with Crippen LogP contribution in [0.5, 0.6) is 0 Å². The van der Waals surface area contributed by atoms with Gasteiger partial charge < -0.3 is 5.32 Å². The Morgan fingerprint density at radius 3 is 2.81 bits per heavy atom. The van der Waals surface area contributed by atoms with Crippen LogP contribution in [0, 0.1) is 0 Å². The predicted molar refractivity (Wildman–Crippen MR) is 93.6 cm³/mol. The van der Waals surface area contributed by atoms with Gasteiger partial charge in [0.2, 0.25) is 5.91 Å². The Labute approximate surface area is 156 Å². The molecule has 0 unspecified atom stereocenters. The Kier molecular flexibility index (Phi) is 6.76. The number of anilines is 1. The molecule has 0 aliphatic carbocycles. The number of unbranched alkanes of at least 4 members (excludes halogenated alkanes) is 1. The van der Waals surface area contributed by atoms with Crippen LogP contribution in [-0.4, -0.2) is 26.4 Å². The number of hydrogen-bond acceptors (Lipinski definition) is 4. The van der Waals surface area contributed by atoms with Crippen LogP contribution in [0.3, 0.4) is 0 Å². The van der Waals surface area contributed by atoms with E-state index in [2.05, 4.69) is 15.5 Å². The maximum absolute atomic E-state index is 13.0. The Morgan fingerprint density at radius 2 is 2.15 bits per heavy atom. The Morgan fingerprint density at radius 1 is 1.42 bits per heavy atom. The van der Waals surface area contributed by atoms with Crippen molar-refractivity contribution in [2.24, 2.45) is 0 Å². The lowest BCUT2D eigenvalue weighted by molar-refractivity contribution is -0.137. The molecule has 1 amide bonds. The molecule has 2 aromatic rings. The molecule has 0 atom stereocenters. The van der Waals surface area contributed by atoms with E-state index in [1.54, 1.807) is 0 Å². The molecule has 0 bridgehead atoms. The lowest BCUT2D eigenvalue weighted by Gasteiger charge is -2.15. The van der Waals surface area contributed by atoms with Gasteiger partial charge in [0.15, 0.2) is 5.16 Å². The van der Waals surface area contributed by atoms with Crippen molar-refractivity contribution >= 4 is 35.0 Å². The highest BCUT2D eigenvalue weighted by atomic mass is 35.5. The third kappa shape index (κ3) is 5.04. The average molecular weight is 409 g/mol. The van der Waals surface area contributed by atoms with Crippen molar-refractivity contribution in [3.63, 3.8) is 0 Å². The smallest absolute Gasteiger partial charge is 0.324 e. The van der Waals surface area contributed by atoms with Gasteiger partial charge in [0.1, 0.15) is 0 Å². The fourth-order valence-electron chi connectivity index (χ4n) is 2.12. The summed E-state index contributed by atoms with van der Waals surface area (Å²) in [7, 11) is 0. The summed E-state index contributed by atoms with van der Waals surface area (Å²) in [5.41, 5.74) is -1.91. The summed E-state index contributed by atoms with van der Waals surface area (Å²) in [4.78, 5) is 23.7. The molecule has 142 valence electrons. The third-order valence-electron chi connectivity index (χ3n) is 3.37. The van der Waals surface area contributed by atoms with Gasteiger partial charge in [-0.3, -0.25) is 9.36 Å². The molecule has 2 rings (SSSR count). The van der Waals surface area contributed by atoms with Gasteiger partial charge in [-0.25, -0.2) is 9.89 Å². The molecule has 26 heavy (non-hydrogen) atoms. The summed E-state index contributed by atoms with van der Waals surface area (Å²) >= 11 is 6.75. The van der Waals surface area contributed by atoms with Crippen molar-refractivity contribution in [3.8, 4) is 0 Å². The van der Waals surface area contributed by atoms with Crippen molar-refractivity contribution in [3.05, 3.63) is 39.3 Å². The molecule has 0 fully saturated rings. The normalized spacial score (nSPS) is 11.6. The first-order chi connectivity index (χ1) is 12.2. The fourth-order valence-corrected chi connectivity index (χ4v) is 3.11. The Hall–Kier alpha value is -1.94. The van der Waals surface area contributed by atoms with Crippen LogP contribution < -0.4 is 11.0 Å². The number of H-pyrrole nitrogens is 1. The topological polar surface area (TPSA) is 79.8 Å². The van der Waals surface area contributed by atoms with Crippen LogP contribution >= 0.6 is 23.4 Å². The first-order valence-electron chi connectivity index (χ1n) is 7.67. The third-order valence-corrected chi connectivity index (χ3v) is 4.67. The summed E-state index contributed by atoms with van der Waals surface area (Å²) in [6.07, 6.45) is -3.02. The van der Waals surface area contributed by atoms with E-state index in [1.807, 2.05) is 6.92 Å². The molecule has 1 aromatic carbocycles. The van der Waals surface area contributed by atoms with Gasteiger partial charge in [-0.1, -0.05) is 42.8 Å². The highest BCUT2D eigenvalue weighted by molar-refractivity contribution is 7.99. The van der Waals surface area contributed by atoms with E-state index in [0.29, 0.717) is 11.7 Å². The number of carbonyl (C=O) groups excluding carboxylic acids is 1. The second kappa shape index (κ2) is 8.63. The SMILES string of the molecule is CCCCn1c(SCC(=O)Nc2c(Cl)cccc2C(F)(F)F)n[nH]c1=O. The molecule has 1 aromatic heterocycles. The van der Waals surface area contributed by atoms with Crippen molar-refractivity contribution in [1.82, 2.24) is 14.8 Å². The van der Waals surface area contributed by atoms with Gasteiger partial charge in [0.05, 0.1) is 22.0 Å². The number of halogens is 4. The number of aromatic nitrogens is 3. The van der Waals surface area contributed by atoms with Crippen molar-refractivity contribution in [1.29, 1.82) is 0 Å². The lowest BCUT2D eigenvalue weighted by atomic mass is 10.1. The van der Waals surface area contributed by atoms with Crippen LogP contribution in [0.15, 0.2) is 28.2 Å². The van der Waals surface area contributed by atoms with E-state index in [4.69, 9.17) is 11.6 Å². The lowest BCUT2D eigenvalue weighted by Crippen LogP contribution is -2.20. The van der Waals surface area contributed by atoms with Gasteiger partial charge in [0, 0.05) is 6.54 Å². The number of thioether (sulfide) groups is 1. The largest absolute Gasteiger partial charge is 0.418 e. The predicted octanol–water partition coefficient (Wildman–Crippen LogP) is 3.77. The zero-order chi connectivity index (χ0) is 19.3. The summed E-state index contributed by atoms with van der Waals surface area (Å²) in [5, 5.41) is 8.39. The van der Waals surface area contributed by atoms with Crippen LogP contribution in [0.2, 0.25) is 5.02 Å².